The van der Waals surface area contributed by atoms with Crippen LogP contribution in [0.4, 0.5) is 5.69 Å². The molecular weight excluding hydrogens is 316 g/mol. The number of anilines is 1. The Morgan fingerprint density at radius 2 is 1.92 bits per heavy atom. The molecule has 1 aliphatic heterocycles. The molecule has 1 atom stereocenters. The lowest BCUT2D eigenvalue weighted by atomic mass is 9.75. The van der Waals surface area contributed by atoms with Crippen molar-refractivity contribution >= 4 is 11.5 Å². The standard InChI is InChI=1S/C20H20N2O3/c1-24-13-10-15-20(17(11-13)25-2)18(12-6-8-21-9-7-12)19-14(22-15)4-3-5-16(19)23/h6-11,18,22H,3-5H2,1-2H3/t18-/m1/s1. The summed E-state index contributed by atoms with van der Waals surface area (Å²) in [6.45, 7) is 0. The topological polar surface area (TPSA) is 60.5 Å². The highest BCUT2D eigenvalue weighted by Crippen LogP contribution is 2.50. The van der Waals surface area contributed by atoms with Crippen LogP contribution in [0.1, 0.15) is 36.3 Å². The van der Waals surface area contributed by atoms with Crippen molar-refractivity contribution in [1.29, 1.82) is 0 Å². The van der Waals surface area contributed by atoms with Gasteiger partial charge in [0, 0.05) is 59.4 Å². The molecule has 0 unspecified atom stereocenters. The zero-order chi connectivity index (χ0) is 17.4. The van der Waals surface area contributed by atoms with E-state index in [-0.39, 0.29) is 11.7 Å². The Kier molecular flexibility index (Phi) is 3.92. The number of fused-ring (bicyclic) bond motifs is 1. The number of pyridine rings is 1. The second kappa shape index (κ2) is 6.24. The van der Waals surface area contributed by atoms with Crippen molar-refractivity contribution in [3.05, 3.63) is 59.1 Å². The predicted molar refractivity (Wildman–Crippen MR) is 95.1 cm³/mol. The summed E-state index contributed by atoms with van der Waals surface area (Å²) in [5.41, 5.74) is 4.83. The molecule has 0 bridgehead atoms. The van der Waals surface area contributed by atoms with E-state index in [9.17, 15) is 4.79 Å². The van der Waals surface area contributed by atoms with Crippen molar-refractivity contribution in [2.45, 2.75) is 25.2 Å². The lowest BCUT2D eigenvalue weighted by Crippen LogP contribution is -2.27. The van der Waals surface area contributed by atoms with Gasteiger partial charge in [0.1, 0.15) is 11.5 Å². The van der Waals surface area contributed by atoms with Crippen LogP contribution in [0.15, 0.2) is 47.9 Å². The van der Waals surface area contributed by atoms with Gasteiger partial charge in [-0.25, -0.2) is 0 Å². The Balaban J connectivity index is 1.98. The summed E-state index contributed by atoms with van der Waals surface area (Å²) in [5.74, 6) is 1.50. The number of nitrogens with one attached hydrogen (secondary N) is 1. The molecule has 2 aliphatic rings. The first-order valence-corrected chi connectivity index (χ1v) is 8.42. The average molecular weight is 336 g/mol. The molecule has 128 valence electrons. The summed E-state index contributed by atoms with van der Waals surface area (Å²) in [6.07, 6.45) is 5.88. The van der Waals surface area contributed by atoms with E-state index in [1.807, 2.05) is 24.3 Å². The predicted octanol–water partition coefficient (Wildman–Crippen LogP) is 3.66. The number of carbonyl (C=O) groups is 1. The number of hydrogen-bond donors (Lipinski definition) is 1. The number of methoxy groups -OCH3 is 2. The molecule has 1 aliphatic carbocycles. The van der Waals surface area contributed by atoms with Crippen LogP contribution in [0.5, 0.6) is 11.5 Å². The summed E-state index contributed by atoms with van der Waals surface area (Å²) >= 11 is 0. The van der Waals surface area contributed by atoms with Crippen molar-refractivity contribution in [1.82, 2.24) is 4.98 Å². The second-order valence-electron chi connectivity index (χ2n) is 6.30. The van der Waals surface area contributed by atoms with Gasteiger partial charge < -0.3 is 14.8 Å². The van der Waals surface area contributed by atoms with Gasteiger partial charge in [-0.15, -0.1) is 0 Å². The number of carbonyl (C=O) groups excluding carboxylic acids is 1. The first kappa shape index (κ1) is 15.7. The van der Waals surface area contributed by atoms with Crippen LogP contribution in [-0.4, -0.2) is 25.0 Å². The minimum absolute atomic E-state index is 0.150. The fourth-order valence-electron chi connectivity index (χ4n) is 3.81. The van der Waals surface area contributed by atoms with Crippen LogP contribution in [-0.2, 0) is 4.79 Å². The van der Waals surface area contributed by atoms with E-state index in [2.05, 4.69) is 10.3 Å². The Labute approximate surface area is 146 Å². The number of rotatable bonds is 3. The molecule has 0 fully saturated rings. The summed E-state index contributed by atoms with van der Waals surface area (Å²) in [6, 6.07) is 7.77. The monoisotopic (exact) mass is 336 g/mol. The Morgan fingerprint density at radius 1 is 1.12 bits per heavy atom. The average Bonchev–Trinajstić information content (AvgIpc) is 2.66. The molecule has 1 aromatic heterocycles. The van der Waals surface area contributed by atoms with Gasteiger partial charge >= 0.3 is 0 Å². The maximum atomic E-state index is 12.8. The highest BCUT2D eigenvalue weighted by Gasteiger charge is 2.37. The van der Waals surface area contributed by atoms with E-state index in [0.29, 0.717) is 12.2 Å². The number of ketones is 1. The highest BCUT2D eigenvalue weighted by molar-refractivity contribution is 6.01. The van der Waals surface area contributed by atoms with Crippen molar-refractivity contribution in [2.24, 2.45) is 0 Å². The molecule has 4 rings (SSSR count). The molecule has 25 heavy (non-hydrogen) atoms. The molecule has 2 aromatic rings. The molecule has 0 saturated heterocycles. The second-order valence-corrected chi connectivity index (χ2v) is 6.30. The Morgan fingerprint density at radius 3 is 2.64 bits per heavy atom. The van der Waals surface area contributed by atoms with Gasteiger partial charge in [-0.1, -0.05) is 0 Å². The summed E-state index contributed by atoms with van der Waals surface area (Å²) < 4.78 is 11.1. The van der Waals surface area contributed by atoms with Gasteiger partial charge in [-0.05, 0) is 30.5 Å². The molecule has 0 saturated carbocycles. The highest BCUT2D eigenvalue weighted by atomic mass is 16.5. The van der Waals surface area contributed by atoms with Gasteiger partial charge in [0.15, 0.2) is 5.78 Å². The lowest BCUT2D eigenvalue weighted by Gasteiger charge is -2.35. The van der Waals surface area contributed by atoms with Gasteiger partial charge in [0.25, 0.3) is 0 Å². The quantitative estimate of drug-likeness (QED) is 0.927. The fraction of sp³-hybridized carbons (Fsp3) is 0.300. The van der Waals surface area contributed by atoms with E-state index in [4.69, 9.17) is 9.47 Å². The third-order valence-corrected chi connectivity index (χ3v) is 4.93. The van der Waals surface area contributed by atoms with Gasteiger partial charge in [0.05, 0.1) is 14.2 Å². The van der Waals surface area contributed by atoms with Crippen molar-refractivity contribution in [3.63, 3.8) is 0 Å². The van der Waals surface area contributed by atoms with Crippen molar-refractivity contribution in [3.8, 4) is 11.5 Å². The maximum absolute atomic E-state index is 12.8. The summed E-state index contributed by atoms with van der Waals surface area (Å²) in [4.78, 5) is 16.9. The zero-order valence-electron chi connectivity index (χ0n) is 14.3. The van der Waals surface area contributed by atoms with E-state index >= 15 is 0 Å². The number of aromatic nitrogens is 1. The molecule has 1 N–H and O–H groups in total. The van der Waals surface area contributed by atoms with E-state index in [1.165, 1.54) is 0 Å². The number of allylic oxidation sites excluding steroid dienone is 2. The lowest BCUT2D eigenvalue weighted by molar-refractivity contribution is -0.116. The smallest absolute Gasteiger partial charge is 0.161 e. The van der Waals surface area contributed by atoms with Crippen LogP contribution in [0.3, 0.4) is 0 Å². The molecule has 5 nitrogen and oxygen atoms in total. The Bertz CT molecular complexity index is 859. The first-order valence-electron chi connectivity index (χ1n) is 8.42. The number of Topliss-reactive ketones (excluding diaryl/α,β-unsaturated/α-hetero) is 1. The number of nitrogens with zero attached hydrogens (tertiary/aromatic N) is 1. The molecule has 2 heterocycles. The molecule has 0 spiro atoms. The Hall–Kier alpha value is -2.82. The maximum Gasteiger partial charge on any atom is 0.161 e. The van der Waals surface area contributed by atoms with Crippen LogP contribution < -0.4 is 14.8 Å². The van der Waals surface area contributed by atoms with E-state index < -0.39 is 0 Å². The summed E-state index contributed by atoms with van der Waals surface area (Å²) in [5, 5.41) is 3.46. The van der Waals surface area contributed by atoms with Crippen LogP contribution in [0.2, 0.25) is 0 Å². The minimum Gasteiger partial charge on any atom is -0.497 e. The number of hydrogen-bond acceptors (Lipinski definition) is 5. The molecule has 0 amide bonds. The van der Waals surface area contributed by atoms with E-state index in [1.54, 1.807) is 26.6 Å². The minimum atomic E-state index is -0.150. The van der Waals surface area contributed by atoms with Gasteiger partial charge in [-0.3, -0.25) is 9.78 Å². The summed E-state index contributed by atoms with van der Waals surface area (Å²) in [7, 11) is 3.28. The number of benzene rings is 1. The van der Waals surface area contributed by atoms with Crippen LogP contribution in [0.25, 0.3) is 0 Å². The number of ether oxygens (including phenoxy) is 2. The largest absolute Gasteiger partial charge is 0.497 e. The first-order chi connectivity index (χ1) is 12.2. The van der Waals surface area contributed by atoms with E-state index in [0.717, 1.165) is 46.7 Å². The molecule has 1 aromatic carbocycles. The SMILES string of the molecule is COc1cc2c(c(OC)c1)[C@H](c1ccncc1)C1=C(CCCC1=O)N2. The third kappa shape index (κ3) is 2.56. The third-order valence-electron chi connectivity index (χ3n) is 4.93. The molecule has 0 radical (unpaired) electrons. The normalized spacial score (nSPS) is 19.0. The van der Waals surface area contributed by atoms with Crippen molar-refractivity contribution in [2.75, 3.05) is 19.5 Å². The van der Waals surface area contributed by atoms with Crippen molar-refractivity contribution < 1.29 is 14.3 Å². The molecule has 5 heteroatoms. The van der Waals surface area contributed by atoms with Crippen LogP contribution >= 0.6 is 0 Å². The van der Waals surface area contributed by atoms with Crippen LogP contribution in [0, 0.1) is 0 Å². The zero-order valence-corrected chi connectivity index (χ0v) is 14.3. The fourth-order valence-corrected chi connectivity index (χ4v) is 3.81. The molecular formula is C20H20N2O3. The van der Waals surface area contributed by atoms with Gasteiger partial charge in [-0.2, -0.15) is 0 Å². The van der Waals surface area contributed by atoms with Gasteiger partial charge in [0.2, 0.25) is 0 Å².